The van der Waals surface area contributed by atoms with E-state index in [9.17, 15) is 9.59 Å². The van der Waals surface area contributed by atoms with Crippen molar-refractivity contribution in [3.8, 4) is 11.5 Å². The van der Waals surface area contributed by atoms with Crippen molar-refractivity contribution in [2.45, 2.75) is 27.3 Å². The summed E-state index contributed by atoms with van der Waals surface area (Å²) in [6.45, 7) is 5.98. The molecule has 144 valence electrons. The van der Waals surface area contributed by atoms with E-state index in [0.717, 1.165) is 28.0 Å². The Hall–Kier alpha value is -3.02. The zero-order valence-electron chi connectivity index (χ0n) is 16.1. The zero-order chi connectivity index (χ0) is 20.0. The Morgan fingerprint density at radius 2 is 1.56 bits per heavy atom. The molecule has 0 atom stereocenters. The van der Waals surface area contributed by atoms with Gasteiger partial charge in [0, 0.05) is 13.6 Å². The first-order valence-electron chi connectivity index (χ1n) is 8.64. The Morgan fingerprint density at radius 3 is 2.11 bits per heavy atom. The van der Waals surface area contributed by atoms with Crippen LogP contribution in [0.15, 0.2) is 36.4 Å². The van der Waals surface area contributed by atoms with Gasteiger partial charge in [0.1, 0.15) is 11.5 Å². The molecule has 27 heavy (non-hydrogen) atoms. The average molecular weight is 371 g/mol. The van der Waals surface area contributed by atoms with Crippen molar-refractivity contribution >= 4 is 11.9 Å². The van der Waals surface area contributed by atoms with E-state index >= 15 is 0 Å². The van der Waals surface area contributed by atoms with Crippen LogP contribution < -0.4 is 9.47 Å². The van der Waals surface area contributed by atoms with Gasteiger partial charge in [-0.1, -0.05) is 29.8 Å². The second-order valence-electron chi connectivity index (χ2n) is 6.59. The summed E-state index contributed by atoms with van der Waals surface area (Å²) in [5.41, 5.74) is 4.10. The zero-order valence-corrected chi connectivity index (χ0v) is 16.1. The average Bonchev–Trinajstić information content (AvgIpc) is 2.59. The van der Waals surface area contributed by atoms with Gasteiger partial charge in [-0.3, -0.25) is 4.79 Å². The summed E-state index contributed by atoms with van der Waals surface area (Å²) < 4.78 is 10.8. The minimum atomic E-state index is -1.02. The lowest BCUT2D eigenvalue weighted by Gasteiger charge is -2.19. The van der Waals surface area contributed by atoms with E-state index in [1.165, 1.54) is 0 Å². The molecule has 0 saturated carbocycles. The van der Waals surface area contributed by atoms with Crippen LogP contribution in [0.3, 0.4) is 0 Å². The van der Waals surface area contributed by atoms with Crippen molar-refractivity contribution in [2.24, 2.45) is 0 Å². The number of ether oxygens (including phenoxy) is 2. The van der Waals surface area contributed by atoms with Gasteiger partial charge < -0.3 is 19.5 Å². The molecular formula is C21H25NO5. The maximum atomic E-state index is 12.4. The molecule has 6 heteroatoms. The number of hydrogen-bond acceptors (Lipinski definition) is 4. The van der Waals surface area contributed by atoms with Crippen LogP contribution in [0, 0.1) is 20.8 Å². The van der Waals surface area contributed by atoms with Gasteiger partial charge in [0.05, 0.1) is 0 Å². The Bertz CT molecular complexity index is 791. The number of carbonyl (C=O) groups excluding carboxylic acids is 1. The molecule has 2 aromatic carbocycles. The van der Waals surface area contributed by atoms with Crippen molar-refractivity contribution in [3.05, 3.63) is 58.7 Å². The topological polar surface area (TPSA) is 76.1 Å². The highest BCUT2D eigenvalue weighted by Crippen LogP contribution is 2.24. The molecule has 0 fully saturated rings. The lowest BCUT2D eigenvalue weighted by atomic mass is 10.1. The van der Waals surface area contributed by atoms with E-state index in [0.29, 0.717) is 12.3 Å². The third-order valence-electron chi connectivity index (χ3n) is 4.08. The normalized spacial score (nSPS) is 10.4. The molecule has 0 bridgehead atoms. The Balaban J connectivity index is 1.89. The fourth-order valence-electron chi connectivity index (χ4n) is 2.84. The number of carboxylic acids is 1. The molecule has 0 radical (unpaired) electrons. The predicted octanol–water partition coefficient (Wildman–Crippen LogP) is 3.11. The SMILES string of the molecule is Cc1cc(C)c(OCC(=O)N(C)Cc2ccc(OCC(=O)O)cc2)c(C)c1. The summed E-state index contributed by atoms with van der Waals surface area (Å²) in [6, 6.07) is 11.0. The molecule has 2 aromatic rings. The summed E-state index contributed by atoms with van der Waals surface area (Å²) >= 11 is 0. The van der Waals surface area contributed by atoms with Gasteiger partial charge in [-0.25, -0.2) is 4.79 Å². The van der Waals surface area contributed by atoms with Gasteiger partial charge in [-0.15, -0.1) is 0 Å². The number of benzene rings is 2. The molecule has 6 nitrogen and oxygen atoms in total. The van der Waals surface area contributed by atoms with Crippen LogP contribution in [-0.4, -0.2) is 42.1 Å². The molecule has 0 aliphatic carbocycles. The molecule has 0 spiro atoms. The molecule has 1 N–H and O–H groups in total. The van der Waals surface area contributed by atoms with E-state index in [1.807, 2.05) is 32.9 Å². The maximum Gasteiger partial charge on any atom is 0.341 e. The van der Waals surface area contributed by atoms with Crippen LogP contribution in [0.4, 0.5) is 0 Å². The lowest BCUT2D eigenvalue weighted by molar-refractivity contribution is -0.139. The van der Waals surface area contributed by atoms with Gasteiger partial charge in [-0.05, 0) is 49.6 Å². The van der Waals surface area contributed by atoms with Crippen molar-refractivity contribution in [3.63, 3.8) is 0 Å². The van der Waals surface area contributed by atoms with Gasteiger partial charge >= 0.3 is 5.97 Å². The molecule has 0 aliphatic heterocycles. The number of aliphatic carboxylic acids is 1. The van der Waals surface area contributed by atoms with Gasteiger partial charge in [-0.2, -0.15) is 0 Å². The maximum absolute atomic E-state index is 12.4. The third-order valence-corrected chi connectivity index (χ3v) is 4.08. The summed E-state index contributed by atoms with van der Waals surface area (Å²) in [6.07, 6.45) is 0. The number of aryl methyl sites for hydroxylation is 3. The molecule has 1 amide bonds. The molecule has 2 rings (SSSR count). The monoisotopic (exact) mass is 371 g/mol. The molecule has 0 heterocycles. The smallest absolute Gasteiger partial charge is 0.341 e. The third kappa shape index (κ3) is 6.02. The molecular weight excluding hydrogens is 346 g/mol. The largest absolute Gasteiger partial charge is 0.483 e. The minimum absolute atomic E-state index is 0.0267. The Labute approximate surface area is 159 Å². The van der Waals surface area contributed by atoms with Crippen LogP contribution in [0.5, 0.6) is 11.5 Å². The fourth-order valence-corrected chi connectivity index (χ4v) is 2.84. The number of amides is 1. The number of likely N-dealkylation sites (N-methyl/N-ethyl adjacent to an activating group) is 1. The highest BCUT2D eigenvalue weighted by Gasteiger charge is 2.13. The first kappa shape index (κ1) is 20.3. The van der Waals surface area contributed by atoms with Gasteiger partial charge in [0.2, 0.25) is 0 Å². The highest BCUT2D eigenvalue weighted by atomic mass is 16.5. The van der Waals surface area contributed by atoms with E-state index in [-0.39, 0.29) is 19.1 Å². The van der Waals surface area contributed by atoms with Crippen molar-refractivity contribution in [1.29, 1.82) is 0 Å². The summed E-state index contributed by atoms with van der Waals surface area (Å²) in [4.78, 5) is 24.5. The standard InChI is InChI=1S/C21H25NO5/c1-14-9-15(2)21(16(3)10-14)27-12-19(23)22(4)11-17-5-7-18(8-6-17)26-13-20(24)25/h5-10H,11-13H2,1-4H3,(H,24,25). The number of hydrogen-bond donors (Lipinski definition) is 1. The lowest BCUT2D eigenvalue weighted by Crippen LogP contribution is -2.31. The van der Waals surface area contributed by atoms with Gasteiger partial charge in [0.25, 0.3) is 5.91 Å². The van der Waals surface area contributed by atoms with E-state index in [1.54, 1.807) is 36.2 Å². The first-order valence-corrected chi connectivity index (χ1v) is 8.64. The van der Waals surface area contributed by atoms with Crippen LogP contribution in [0.2, 0.25) is 0 Å². The van der Waals surface area contributed by atoms with E-state index in [2.05, 4.69) is 0 Å². The summed E-state index contributed by atoms with van der Waals surface area (Å²) in [5, 5.41) is 8.61. The highest BCUT2D eigenvalue weighted by molar-refractivity contribution is 5.77. The Kier molecular flexibility index (Phi) is 6.82. The first-order chi connectivity index (χ1) is 12.8. The molecule has 0 saturated heterocycles. The number of nitrogens with zero attached hydrogens (tertiary/aromatic N) is 1. The second kappa shape index (κ2) is 9.07. The van der Waals surface area contributed by atoms with Crippen LogP contribution in [-0.2, 0) is 16.1 Å². The quantitative estimate of drug-likeness (QED) is 0.772. The second-order valence-corrected chi connectivity index (χ2v) is 6.59. The number of carbonyl (C=O) groups is 2. The summed E-state index contributed by atoms with van der Waals surface area (Å²) in [7, 11) is 1.72. The summed E-state index contributed by atoms with van der Waals surface area (Å²) in [5.74, 6) is 0.0788. The Morgan fingerprint density at radius 1 is 0.963 bits per heavy atom. The van der Waals surface area contributed by atoms with Crippen molar-refractivity contribution in [1.82, 2.24) is 4.90 Å². The van der Waals surface area contributed by atoms with Crippen molar-refractivity contribution < 1.29 is 24.2 Å². The number of carboxylic acid groups (broad SMARTS) is 1. The molecule has 0 aliphatic rings. The van der Waals surface area contributed by atoms with Crippen molar-refractivity contribution in [2.75, 3.05) is 20.3 Å². The minimum Gasteiger partial charge on any atom is -0.483 e. The predicted molar refractivity (Wildman–Crippen MR) is 102 cm³/mol. The van der Waals surface area contributed by atoms with Crippen LogP contribution in [0.25, 0.3) is 0 Å². The van der Waals surface area contributed by atoms with E-state index in [4.69, 9.17) is 14.6 Å². The van der Waals surface area contributed by atoms with E-state index < -0.39 is 5.97 Å². The van der Waals surface area contributed by atoms with Gasteiger partial charge in [0.15, 0.2) is 13.2 Å². The fraction of sp³-hybridized carbons (Fsp3) is 0.333. The molecule has 0 aromatic heterocycles. The van der Waals surface area contributed by atoms with Crippen LogP contribution >= 0.6 is 0 Å². The molecule has 0 unspecified atom stereocenters. The van der Waals surface area contributed by atoms with Crippen LogP contribution in [0.1, 0.15) is 22.3 Å². The number of rotatable bonds is 8.